The van der Waals surface area contributed by atoms with Gasteiger partial charge in [0.15, 0.2) is 0 Å². The number of nitro groups is 1. The number of nitrogens with zero attached hydrogens (tertiary/aromatic N) is 2. The summed E-state index contributed by atoms with van der Waals surface area (Å²) in [6.45, 7) is 0.530. The van der Waals surface area contributed by atoms with Gasteiger partial charge >= 0.3 is 0 Å². The average molecular weight is 276 g/mol. The molecule has 0 spiro atoms. The fraction of sp³-hybridized carbons (Fsp3) is 0.308. The van der Waals surface area contributed by atoms with E-state index in [-0.39, 0.29) is 11.7 Å². The van der Waals surface area contributed by atoms with Crippen LogP contribution in [-0.4, -0.2) is 28.6 Å². The average Bonchev–Trinajstić information content (AvgIpc) is 2.94. The predicted octanol–water partition coefficient (Wildman–Crippen LogP) is 2.02. The maximum atomic E-state index is 11.0. The van der Waals surface area contributed by atoms with Gasteiger partial charge in [0, 0.05) is 19.8 Å². The van der Waals surface area contributed by atoms with Gasteiger partial charge in [0.05, 0.1) is 28.4 Å². The van der Waals surface area contributed by atoms with Crippen LogP contribution in [0.5, 0.6) is 0 Å². The lowest BCUT2D eigenvalue weighted by atomic mass is 10.1. The zero-order chi connectivity index (χ0) is 14.5. The van der Waals surface area contributed by atoms with Gasteiger partial charge in [-0.2, -0.15) is 0 Å². The molecule has 0 saturated heterocycles. The van der Waals surface area contributed by atoms with Crippen molar-refractivity contribution in [2.45, 2.75) is 12.5 Å². The lowest BCUT2D eigenvalue weighted by molar-refractivity contribution is -0.384. The van der Waals surface area contributed by atoms with Crippen molar-refractivity contribution in [1.82, 2.24) is 9.97 Å². The van der Waals surface area contributed by atoms with Crippen LogP contribution in [0.15, 0.2) is 30.5 Å². The van der Waals surface area contributed by atoms with Gasteiger partial charge in [0.25, 0.3) is 5.69 Å². The van der Waals surface area contributed by atoms with Crippen LogP contribution in [0.4, 0.5) is 5.69 Å². The molecule has 20 heavy (non-hydrogen) atoms. The molecule has 1 aromatic heterocycles. The smallest absolute Gasteiger partial charge is 0.278 e. The van der Waals surface area contributed by atoms with Gasteiger partial charge in [-0.05, 0) is 12.5 Å². The first-order valence-corrected chi connectivity index (χ1v) is 6.16. The Bertz CT molecular complexity index is 597. The van der Waals surface area contributed by atoms with Crippen molar-refractivity contribution in [3.05, 3.63) is 46.4 Å². The third-order valence-corrected chi connectivity index (χ3v) is 2.97. The van der Waals surface area contributed by atoms with Crippen LogP contribution in [0.25, 0.3) is 11.3 Å². The Balaban J connectivity index is 2.27. The molecule has 0 aliphatic carbocycles. The van der Waals surface area contributed by atoms with E-state index in [1.165, 1.54) is 6.07 Å². The molecule has 7 heteroatoms. The molecule has 1 atom stereocenters. The normalized spacial score (nSPS) is 12.3. The molecule has 0 aliphatic rings. The number of hydrogen-bond donors (Lipinski definition) is 2. The second-order valence-corrected chi connectivity index (χ2v) is 4.34. The molecule has 1 unspecified atom stereocenters. The van der Waals surface area contributed by atoms with E-state index >= 15 is 0 Å². The fourth-order valence-electron chi connectivity index (χ4n) is 1.90. The molecule has 0 fully saturated rings. The van der Waals surface area contributed by atoms with Gasteiger partial charge in [-0.3, -0.25) is 10.1 Å². The number of nitro benzene ring substituents is 1. The summed E-state index contributed by atoms with van der Waals surface area (Å²) in [6, 6.07) is 6.22. The number of aromatic nitrogens is 2. The molecule has 0 aliphatic heterocycles. The summed E-state index contributed by atoms with van der Waals surface area (Å²) in [6.07, 6.45) is 2.19. The minimum absolute atomic E-state index is 0.0353. The van der Waals surface area contributed by atoms with E-state index in [2.05, 4.69) is 9.97 Å². The summed E-state index contributed by atoms with van der Waals surface area (Å²) >= 11 is 0. The Hall–Kier alpha value is -2.25. The number of rotatable bonds is 6. The number of ether oxygens (including phenoxy) is 1. The Labute approximate surface area is 115 Å². The molecule has 0 radical (unpaired) electrons. The molecule has 106 valence electrons. The summed E-state index contributed by atoms with van der Waals surface area (Å²) in [5.74, 6) is 0.593. The van der Waals surface area contributed by atoms with Crippen molar-refractivity contribution >= 4 is 5.69 Å². The Morgan fingerprint density at radius 3 is 2.95 bits per heavy atom. The van der Waals surface area contributed by atoms with E-state index in [1.807, 2.05) is 0 Å². The van der Waals surface area contributed by atoms with E-state index in [0.29, 0.717) is 30.1 Å². The molecule has 2 rings (SSSR count). The third kappa shape index (κ3) is 3.01. The molecule has 0 saturated carbocycles. The van der Waals surface area contributed by atoms with Crippen molar-refractivity contribution in [3.8, 4) is 11.3 Å². The standard InChI is InChI=1S/C13H16N4O3/c1-20-7-6-10(14)13-15-8-11(16-13)9-4-2-3-5-12(9)17(18)19/h2-5,8,10H,6-7,14H2,1H3,(H,15,16). The number of hydrogen-bond acceptors (Lipinski definition) is 5. The Morgan fingerprint density at radius 2 is 2.25 bits per heavy atom. The molecule has 0 bridgehead atoms. The predicted molar refractivity (Wildman–Crippen MR) is 74.1 cm³/mol. The van der Waals surface area contributed by atoms with E-state index in [1.54, 1.807) is 31.5 Å². The van der Waals surface area contributed by atoms with Gasteiger partial charge in [-0.15, -0.1) is 0 Å². The molecule has 1 aromatic carbocycles. The van der Waals surface area contributed by atoms with Crippen LogP contribution in [0.3, 0.4) is 0 Å². The first-order chi connectivity index (χ1) is 9.63. The monoisotopic (exact) mass is 276 g/mol. The van der Waals surface area contributed by atoms with E-state index in [4.69, 9.17) is 10.5 Å². The largest absolute Gasteiger partial charge is 0.385 e. The first kappa shape index (κ1) is 14.2. The quantitative estimate of drug-likeness (QED) is 0.620. The second-order valence-electron chi connectivity index (χ2n) is 4.34. The van der Waals surface area contributed by atoms with Crippen molar-refractivity contribution < 1.29 is 9.66 Å². The maximum absolute atomic E-state index is 11.0. The molecule has 1 heterocycles. The van der Waals surface area contributed by atoms with Gasteiger partial charge in [0.2, 0.25) is 0 Å². The van der Waals surface area contributed by atoms with Crippen LogP contribution in [0.1, 0.15) is 18.3 Å². The van der Waals surface area contributed by atoms with Crippen molar-refractivity contribution in [3.63, 3.8) is 0 Å². The van der Waals surface area contributed by atoms with Gasteiger partial charge in [-0.25, -0.2) is 4.98 Å². The van der Waals surface area contributed by atoms with Crippen molar-refractivity contribution in [1.29, 1.82) is 0 Å². The van der Waals surface area contributed by atoms with Crippen LogP contribution in [0.2, 0.25) is 0 Å². The third-order valence-electron chi connectivity index (χ3n) is 2.97. The maximum Gasteiger partial charge on any atom is 0.278 e. The van der Waals surface area contributed by atoms with Crippen LogP contribution in [0, 0.1) is 10.1 Å². The molecular formula is C13H16N4O3. The highest BCUT2D eigenvalue weighted by atomic mass is 16.6. The van der Waals surface area contributed by atoms with E-state index < -0.39 is 4.92 Å². The first-order valence-electron chi connectivity index (χ1n) is 6.16. The minimum atomic E-state index is -0.416. The minimum Gasteiger partial charge on any atom is -0.385 e. The number of imidazole rings is 1. The topological polar surface area (TPSA) is 107 Å². The van der Waals surface area contributed by atoms with Gasteiger partial charge < -0.3 is 15.5 Å². The molecule has 3 N–H and O–H groups in total. The SMILES string of the molecule is COCCC(N)c1ncc(-c2ccccc2[N+](=O)[O-])[nH]1. The van der Waals surface area contributed by atoms with Crippen molar-refractivity contribution in [2.24, 2.45) is 5.73 Å². The summed E-state index contributed by atoms with van der Waals surface area (Å²) in [5, 5.41) is 11.0. The molecule has 7 nitrogen and oxygen atoms in total. The van der Waals surface area contributed by atoms with Crippen LogP contribution in [-0.2, 0) is 4.74 Å². The van der Waals surface area contributed by atoms with Crippen LogP contribution < -0.4 is 5.73 Å². The zero-order valence-electron chi connectivity index (χ0n) is 11.1. The lowest BCUT2D eigenvalue weighted by Crippen LogP contribution is -2.14. The number of benzene rings is 1. The number of methoxy groups -OCH3 is 1. The molecular weight excluding hydrogens is 260 g/mol. The Morgan fingerprint density at radius 1 is 1.50 bits per heavy atom. The van der Waals surface area contributed by atoms with E-state index in [0.717, 1.165) is 0 Å². The highest BCUT2D eigenvalue weighted by Crippen LogP contribution is 2.28. The number of nitrogens with two attached hydrogens (primary N) is 1. The molecule has 0 amide bonds. The summed E-state index contributed by atoms with van der Waals surface area (Å²) in [4.78, 5) is 17.8. The van der Waals surface area contributed by atoms with E-state index in [9.17, 15) is 10.1 Å². The number of H-pyrrole nitrogens is 1. The fourth-order valence-corrected chi connectivity index (χ4v) is 1.90. The lowest BCUT2D eigenvalue weighted by Gasteiger charge is -2.07. The number of nitrogens with one attached hydrogen (secondary N) is 1. The second kappa shape index (κ2) is 6.27. The highest BCUT2D eigenvalue weighted by Gasteiger charge is 2.17. The number of aromatic amines is 1. The highest BCUT2D eigenvalue weighted by molar-refractivity contribution is 5.70. The zero-order valence-corrected chi connectivity index (χ0v) is 11.1. The van der Waals surface area contributed by atoms with Crippen LogP contribution >= 0.6 is 0 Å². The van der Waals surface area contributed by atoms with Crippen molar-refractivity contribution in [2.75, 3.05) is 13.7 Å². The summed E-state index contributed by atoms with van der Waals surface area (Å²) in [5.41, 5.74) is 7.08. The van der Waals surface area contributed by atoms with Gasteiger partial charge in [0.1, 0.15) is 5.82 Å². The summed E-state index contributed by atoms with van der Waals surface area (Å²) in [7, 11) is 1.60. The molecule has 2 aromatic rings. The summed E-state index contributed by atoms with van der Waals surface area (Å²) < 4.78 is 4.97. The Kier molecular flexibility index (Phi) is 4.44. The van der Waals surface area contributed by atoms with Gasteiger partial charge in [-0.1, -0.05) is 12.1 Å². The number of para-hydroxylation sites is 1.